The Morgan fingerprint density at radius 1 is 1.29 bits per heavy atom. The zero-order chi connectivity index (χ0) is 12.5. The van der Waals surface area contributed by atoms with Crippen LogP contribution in [-0.4, -0.2) is 16.5 Å². The number of amidine groups is 1. The van der Waals surface area contributed by atoms with Gasteiger partial charge in [-0.15, -0.1) is 0 Å². The molecule has 1 aliphatic rings. The second kappa shape index (κ2) is 4.64. The number of rotatable bonds is 1. The predicted octanol–water partition coefficient (Wildman–Crippen LogP) is 3.65. The first-order valence-electron chi connectivity index (χ1n) is 5.41. The molecule has 0 atom stereocenters. The molecule has 2 rings (SSSR count). The lowest BCUT2D eigenvalue weighted by Crippen LogP contribution is -2.27. The van der Waals surface area contributed by atoms with Crippen LogP contribution in [0.1, 0.15) is 20.3 Å². The van der Waals surface area contributed by atoms with Crippen LogP contribution in [-0.2, 0) is 0 Å². The van der Waals surface area contributed by atoms with Crippen molar-refractivity contribution in [3.8, 4) is 0 Å². The SMILES string of the molecule is CC1(C)CCSC(Nc2ccc(F)c(F)c2)=N1. The molecule has 2 nitrogen and oxygen atoms in total. The summed E-state index contributed by atoms with van der Waals surface area (Å²) in [5, 5.41) is 3.77. The Morgan fingerprint density at radius 3 is 2.71 bits per heavy atom. The lowest BCUT2D eigenvalue weighted by molar-refractivity contribution is 0.507. The molecule has 0 saturated heterocycles. The van der Waals surface area contributed by atoms with Crippen LogP contribution in [0.5, 0.6) is 0 Å². The highest BCUT2D eigenvalue weighted by Crippen LogP contribution is 2.27. The van der Waals surface area contributed by atoms with Gasteiger partial charge in [0.2, 0.25) is 0 Å². The van der Waals surface area contributed by atoms with E-state index in [1.165, 1.54) is 6.07 Å². The maximum Gasteiger partial charge on any atom is 0.161 e. The third-order valence-electron chi connectivity index (χ3n) is 2.53. The maximum atomic E-state index is 13.0. The van der Waals surface area contributed by atoms with Crippen LogP contribution in [0.4, 0.5) is 14.5 Å². The Hall–Kier alpha value is -1.10. The second-order valence-electron chi connectivity index (χ2n) is 4.58. The first kappa shape index (κ1) is 12.4. The largest absolute Gasteiger partial charge is 0.335 e. The molecule has 92 valence electrons. The van der Waals surface area contributed by atoms with E-state index in [2.05, 4.69) is 24.2 Å². The van der Waals surface area contributed by atoms with Gasteiger partial charge in [0.05, 0.1) is 5.54 Å². The van der Waals surface area contributed by atoms with Gasteiger partial charge >= 0.3 is 0 Å². The van der Waals surface area contributed by atoms with Gasteiger partial charge in [-0.2, -0.15) is 0 Å². The fourth-order valence-corrected chi connectivity index (χ4v) is 2.82. The van der Waals surface area contributed by atoms with Crippen molar-refractivity contribution in [1.82, 2.24) is 0 Å². The lowest BCUT2D eigenvalue weighted by atomic mass is 10.0. The van der Waals surface area contributed by atoms with E-state index in [1.54, 1.807) is 11.8 Å². The summed E-state index contributed by atoms with van der Waals surface area (Å²) in [5.74, 6) is -0.715. The smallest absolute Gasteiger partial charge is 0.161 e. The van der Waals surface area contributed by atoms with Crippen molar-refractivity contribution in [3.05, 3.63) is 29.8 Å². The highest BCUT2D eigenvalue weighted by atomic mass is 32.2. The van der Waals surface area contributed by atoms with E-state index in [-0.39, 0.29) is 5.54 Å². The lowest BCUT2D eigenvalue weighted by Gasteiger charge is -2.26. The number of thioether (sulfide) groups is 1. The van der Waals surface area contributed by atoms with Crippen molar-refractivity contribution in [3.63, 3.8) is 0 Å². The Bertz CT molecular complexity index is 458. The summed E-state index contributed by atoms with van der Waals surface area (Å²) >= 11 is 1.59. The first-order valence-corrected chi connectivity index (χ1v) is 6.40. The number of benzene rings is 1. The normalized spacial score (nSPS) is 18.7. The van der Waals surface area contributed by atoms with Gasteiger partial charge in [-0.3, -0.25) is 4.99 Å². The molecule has 0 spiro atoms. The van der Waals surface area contributed by atoms with Gasteiger partial charge in [-0.25, -0.2) is 8.78 Å². The van der Waals surface area contributed by atoms with Crippen molar-refractivity contribution in [1.29, 1.82) is 0 Å². The molecular weight excluding hydrogens is 242 g/mol. The minimum atomic E-state index is -0.851. The number of halogens is 2. The van der Waals surface area contributed by atoms with Crippen molar-refractivity contribution in [2.75, 3.05) is 11.1 Å². The molecule has 1 aliphatic heterocycles. The maximum absolute atomic E-state index is 13.0. The molecule has 17 heavy (non-hydrogen) atoms. The second-order valence-corrected chi connectivity index (χ2v) is 5.67. The van der Waals surface area contributed by atoms with Crippen LogP contribution in [0.3, 0.4) is 0 Å². The monoisotopic (exact) mass is 256 g/mol. The van der Waals surface area contributed by atoms with E-state index in [1.807, 2.05) is 0 Å². The average Bonchev–Trinajstić information content (AvgIpc) is 2.22. The van der Waals surface area contributed by atoms with Gasteiger partial charge in [0, 0.05) is 17.5 Å². The zero-order valence-electron chi connectivity index (χ0n) is 9.76. The molecular formula is C12H14F2N2S. The molecule has 0 amide bonds. The van der Waals surface area contributed by atoms with E-state index >= 15 is 0 Å². The summed E-state index contributed by atoms with van der Waals surface area (Å²) < 4.78 is 25.8. The van der Waals surface area contributed by atoms with Crippen molar-refractivity contribution >= 4 is 22.6 Å². The van der Waals surface area contributed by atoms with Gasteiger partial charge in [0.25, 0.3) is 0 Å². The molecule has 0 fully saturated rings. The summed E-state index contributed by atoms with van der Waals surface area (Å²) in [7, 11) is 0. The number of nitrogens with zero attached hydrogens (tertiary/aromatic N) is 1. The fourth-order valence-electron chi connectivity index (χ4n) is 1.52. The van der Waals surface area contributed by atoms with Gasteiger partial charge in [-0.05, 0) is 32.4 Å². The highest BCUT2D eigenvalue weighted by molar-refractivity contribution is 8.14. The van der Waals surface area contributed by atoms with Crippen molar-refractivity contribution in [2.24, 2.45) is 4.99 Å². The van der Waals surface area contributed by atoms with Crippen LogP contribution in [0.2, 0.25) is 0 Å². The van der Waals surface area contributed by atoms with E-state index < -0.39 is 11.6 Å². The van der Waals surface area contributed by atoms with Crippen LogP contribution in [0.25, 0.3) is 0 Å². The van der Waals surface area contributed by atoms with Crippen molar-refractivity contribution < 1.29 is 8.78 Å². The molecule has 0 aliphatic carbocycles. The minimum Gasteiger partial charge on any atom is -0.335 e. The molecule has 0 bridgehead atoms. The average molecular weight is 256 g/mol. The van der Waals surface area contributed by atoms with E-state index in [0.29, 0.717) is 5.69 Å². The molecule has 1 N–H and O–H groups in total. The van der Waals surface area contributed by atoms with Crippen LogP contribution >= 0.6 is 11.8 Å². The topological polar surface area (TPSA) is 24.4 Å². The number of aliphatic imine (C=N–C) groups is 1. The molecule has 0 aromatic heterocycles. The van der Waals surface area contributed by atoms with Crippen LogP contribution in [0.15, 0.2) is 23.2 Å². The first-order chi connectivity index (χ1) is 7.96. The number of anilines is 1. The Labute approximate surface area is 104 Å². The third kappa shape index (κ3) is 3.19. The molecule has 0 unspecified atom stereocenters. The predicted molar refractivity (Wildman–Crippen MR) is 68.6 cm³/mol. The Kier molecular flexibility index (Phi) is 3.38. The van der Waals surface area contributed by atoms with E-state index in [4.69, 9.17) is 0 Å². The fraction of sp³-hybridized carbons (Fsp3) is 0.417. The number of hydrogen-bond acceptors (Lipinski definition) is 3. The highest BCUT2D eigenvalue weighted by Gasteiger charge is 2.22. The van der Waals surface area contributed by atoms with E-state index in [9.17, 15) is 8.78 Å². The van der Waals surface area contributed by atoms with E-state index in [0.717, 1.165) is 29.5 Å². The van der Waals surface area contributed by atoms with Gasteiger partial charge in [-0.1, -0.05) is 11.8 Å². The Morgan fingerprint density at radius 2 is 2.06 bits per heavy atom. The summed E-state index contributed by atoms with van der Waals surface area (Å²) in [6, 6.07) is 3.75. The van der Waals surface area contributed by atoms with Gasteiger partial charge < -0.3 is 5.32 Å². The molecule has 1 aromatic rings. The third-order valence-corrected chi connectivity index (χ3v) is 3.40. The summed E-state index contributed by atoms with van der Waals surface area (Å²) in [4.78, 5) is 4.51. The summed E-state index contributed by atoms with van der Waals surface area (Å²) in [6.45, 7) is 4.11. The van der Waals surface area contributed by atoms with Gasteiger partial charge in [0.15, 0.2) is 16.8 Å². The molecule has 0 saturated carbocycles. The van der Waals surface area contributed by atoms with Crippen molar-refractivity contribution in [2.45, 2.75) is 25.8 Å². The molecule has 5 heteroatoms. The molecule has 0 radical (unpaired) electrons. The summed E-state index contributed by atoms with van der Waals surface area (Å²) in [5.41, 5.74) is 0.430. The van der Waals surface area contributed by atoms with Crippen LogP contribution < -0.4 is 5.32 Å². The Balaban J connectivity index is 2.15. The quantitative estimate of drug-likeness (QED) is 0.829. The van der Waals surface area contributed by atoms with Crippen LogP contribution in [0, 0.1) is 11.6 Å². The van der Waals surface area contributed by atoms with Gasteiger partial charge in [0.1, 0.15) is 0 Å². The molecule has 1 heterocycles. The standard InChI is InChI=1S/C12H14F2N2S/c1-12(2)5-6-17-11(16-12)15-8-3-4-9(13)10(14)7-8/h3-4,7H,5-6H2,1-2H3,(H,15,16). The minimum absolute atomic E-state index is 0.0911. The number of hydrogen-bond donors (Lipinski definition) is 1. The molecule has 1 aromatic carbocycles. The number of nitrogens with one attached hydrogen (secondary N) is 1. The zero-order valence-corrected chi connectivity index (χ0v) is 10.6. The summed E-state index contributed by atoms with van der Waals surface area (Å²) in [6.07, 6.45) is 1.01.